The van der Waals surface area contributed by atoms with Crippen LogP contribution in [0.2, 0.25) is 0 Å². The van der Waals surface area contributed by atoms with E-state index in [4.69, 9.17) is 16.2 Å². The lowest BCUT2D eigenvalue weighted by Crippen LogP contribution is -2.44. The summed E-state index contributed by atoms with van der Waals surface area (Å²) in [5.41, 5.74) is 17.5. The zero-order chi connectivity index (χ0) is 22.3. The van der Waals surface area contributed by atoms with E-state index in [1.54, 1.807) is 19.6 Å². The van der Waals surface area contributed by atoms with Gasteiger partial charge in [0, 0.05) is 37.1 Å². The second-order valence-electron chi connectivity index (χ2n) is 8.92. The zero-order valence-corrected chi connectivity index (χ0v) is 18.6. The molecule has 2 aliphatic rings. The van der Waals surface area contributed by atoms with Crippen LogP contribution < -0.4 is 21.1 Å². The Kier molecular flexibility index (Phi) is 5.00. The first kappa shape index (κ1) is 20.6. The molecule has 0 unspecified atom stereocenters. The van der Waals surface area contributed by atoms with Gasteiger partial charge in [-0.3, -0.25) is 4.90 Å². The molecule has 162 valence electrons. The molecule has 8 heteroatoms. The Bertz CT molecular complexity index is 1130. The summed E-state index contributed by atoms with van der Waals surface area (Å²) in [6, 6.07) is 5.96. The van der Waals surface area contributed by atoms with Gasteiger partial charge in [-0.25, -0.2) is 9.98 Å². The molecule has 0 amide bonds. The number of fused-ring (bicyclic) bond motifs is 1. The predicted molar refractivity (Wildman–Crippen MR) is 124 cm³/mol. The van der Waals surface area contributed by atoms with Crippen molar-refractivity contribution in [1.82, 2.24) is 14.5 Å². The zero-order valence-electron chi connectivity index (χ0n) is 18.6. The summed E-state index contributed by atoms with van der Waals surface area (Å²) < 4.78 is 7.71. The third-order valence-corrected chi connectivity index (χ3v) is 5.23. The summed E-state index contributed by atoms with van der Waals surface area (Å²) in [5, 5.41) is 0. The van der Waals surface area contributed by atoms with E-state index in [2.05, 4.69) is 35.6 Å². The quantitative estimate of drug-likeness (QED) is 0.790. The van der Waals surface area contributed by atoms with Gasteiger partial charge in [-0.1, -0.05) is 26.8 Å². The second kappa shape index (κ2) is 7.54. The van der Waals surface area contributed by atoms with Gasteiger partial charge >= 0.3 is 0 Å². The number of allylic oxidation sites excluding steroid dienone is 1. The van der Waals surface area contributed by atoms with Gasteiger partial charge in [0.1, 0.15) is 11.6 Å². The van der Waals surface area contributed by atoms with Crippen LogP contribution in [0.3, 0.4) is 0 Å². The maximum absolute atomic E-state index is 6.66. The summed E-state index contributed by atoms with van der Waals surface area (Å²) in [6.45, 7) is 7.31. The van der Waals surface area contributed by atoms with E-state index in [9.17, 15) is 0 Å². The van der Waals surface area contributed by atoms with Crippen LogP contribution in [-0.4, -0.2) is 34.1 Å². The topological polar surface area (TPSA) is 97.9 Å². The Balaban J connectivity index is 1.81. The van der Waals surface area contributed by atoms with Crippen LogP contribution in [0, 0.1) is 5.41 Å². The number of hydrogen-bond donors (Lipinski definition) is 2. The molecule has 0 saturated carbocycles. The van der Waals surface area contributed by atoms with Crippen molar-refractivity contribution in [3.63, 3.8) is 0 Å². The van der Waals surface area contributed by atoms with Crippen LogP contribution in [0.5, 0.6) is 5.75 Å². The molecule has 1 aromatic carbocycles. The van der Waals surface area contributed by atoms with Gasteiger partial charge in [0.15, 0.2) is 0 Å². The van der Waals surface area contributed by atoms with Gasteiger partial charge in [0.05, 0.1) is 36.7 Å². The minimum Gasteiger partial charge on any atom is -0.495 e. The van der Waals surface area contributed by atoms with Gasteiger partial charge in [-0.2, -0.15) is 0 Å². The molecule has 0 atom stereocenters. The summed E-state index contributed by atoms with van der Waals surface area (Å²) in [4.78, 5) is 12.5. The highest BCUT2D eigenvalue weighted by Gasteiger charge is 2.31. The molecule has 4 rings (SSSR count). The standard InChI is InChI=1S/C23H29N7O/c1-23(2,3)13-29-9-8-16-11-27-22(25)30(20(16)21(29)24)17-7-6-15(10-19(17)31-5)18-12-26-14-28(18)4/h6-12,14H,13,24H2,1-5H3,(H2,25,27). The van der Waals surface area contributed by atoms with E-state index in [1.807, 2.05) is 53.2 Å². The maximum Gasteiger partial charge on any atom is 0.205 e. The van der Waals surface area contributed by atoms with Gasteiger partial charge < -0.3 is 25.7 Å². The molecule has 31 heavy (non-hydrogen) atoms. The number of anilines is 1. The Hall–Kier alpha value is -3.68. The first-order chi connectivity index (χ1) is 14.7. The predicted octanol–water partition coefficient (Wildman–Crippen LogP) is 3.12. The number of hydrogen-bond acceptors (Lipinski definition) is 7. The third-order valence-electron chi connectivity index (χ3n) is 5.23. The average Bonchev–Trinajstić information content (AvgIpc) is 3.15. The monoisotopic (exact) mass is 419 g/mol. The van der Waals surface area contributed by atoms with Gasteiger partial charge in [0.2, 0.25) is 5.96 Å². The molecule has 3 heterocycles. The lowest BCUT2D eigenvalue weighted by molar-refractivity contribution is 0.285. The number of aryl methyl sites for hydroxylation is 1. The Morgan fingerprint density at radius 3 is 2.58 bits per heavy atom. The second-order valence-corrected chi connectivity index (χ2v) is 8.92. The highest BCUT2D eigenvalue weighted by Crippen LogP contribution is 2.39. The molecule has 1 aromatic heterocycles. The number of guanidine groups is 1. The van der Waals surface area contributed by atoms with Crippen molar-refractivity contribution in [2.75, 3.05) is 18.6 Å². The summed E-state index contributed by atoms with van der Waals surface area (Å²) in [7, 11) is 3.60. The van der Waals surface area contributed by atoms with Crippen LogP contribution in [0.1, 0.15) is 20.8 Å². The van der Waals surface area contributed by atoms with E-state index in [0.29, 0.717) is 17.5 Å². The molecular weight excluding hydrogens is 390 g/mol. The highest BCUT2D eigenvalue weighted by molar-refractivity contribution is 6.02. The molecule has 0 saturated heterocycles. The molecule has 4 N–H and O–H groups in total. The van der Waals surface area contributed by atoms with Crippen molar-refractivity contribution in [2.45, 2.75) is 20.8 Å². The number of ether oxygens (including phenoxy) is 1. The fraction of sp³-hybridized carbons (Fsp3) is 0.304. The van der Waals surface area contributed by atoms with Crippen molar-refractivity contribution in [3.05, 3.63) is 66.3 Å². The van der Waals surface area contributed by atoms with Gasteiger partial charge in [0.25, 0.3) is 0 Å². The molecular formula is C23H29N7O. The fourth-order valence-corrected chi connectivity index (χ4v) is 3.82. The minimum atomic E-state index is 0.0678. The van der Waals surface area contributed by atoms with E-state index in [1.165, 1.54) is 0 Å². The van der Waals surface area contributed by atoms with E-state index in [-0.39, 0.29) is 5.41 Å². The first-order valence-electron chi connectivity index (χ1n) is 10.1. The third kappa shape index (κ3) is 3.76. The molecule has 0 spiro atoms. The summed E-state index contributed by atoms with van der Waals surface area (Å²) >= 11 is 0. The lowest BCUT2D eigenvalue weighted by Gasteiger charge is -2.38. The van der Waals surface area contributed by atoms with Gasteiger partial charge in [-0.15, -0.1) is 0 Å². The maximum atomic E-state index is 6.66. The highest BCUT2D eigenvalue weighted by atomic mass is 16.5. The smallest absolute Gasteiger partial charge is 0.205 e. The molecule has 8 nitrogen and oxygen atoms in total. The van der Waals surface area contributed by atoms with Crippen molar-refractivity contribution in [2.24, 2.45) is 28.9 Å². The molecule has 2 aliphatic heterocycles. The van der Waals surface area contributed by atoms with Crippen LogP contribution >= 0.6 is 0 Å². The van der Waals surface area contributed by atoms with Crippen LogP contribution in [-0.2, 0) is 7.05 Å². The number of methoxy groups -OCH3 is 1. The molecule has 0 bridgehead atoms. The van der Waals surface area contributed by atoms with Crippen molar-refractivity contribution < 1.29 is 4.74 Å². The number of aliphatic imine (C=N–C) groups is 1. The van der Waals surface area contributed by atoms with Crippen LogP contribution in [0.25, 0.3) is 11.3 Å². The van der Waals surface area contributed by atoms with E-state index >= 15 is 0 Å². The number of benzene rings is 1. The molecule has 0 aliphatic carbocycles. The number of nitrogens with zero attached hydrogens (tertiary/aromatic N) is 5. The minimum absolute atomic E-state index is 0.0678. The molecule has 2 aromatic rings. The van der Waals surface area contributed by atoms with Crippen molar-refractivity contribution >= 4 is 11.6 Å². The molecule has 0 radical (unpaired) electrons. The Labute approximate surface area is 182 Å². The van der Waals surface area contributed by atoms with Crippen LogP contribution in [0.15, 0.2) is 71.3 Å². The lowest BCUT2D eigenvalue weighted by atomic mass is 9.95. The fourth-order valence-electron chi connectivity index (χ4n) is 3.82. The average molecular weight is 420 g/mol. The number of aromatic nitrogens is 2. The number of nitrogens with two attached hydrogens (primary N) is 2. The Morgan fingerprint density at radius 1 is 1.16 bits per heavy atom. The summed E-state index contributed by atoms with van der Waals surface area (Å²) in [6.07, 6.45) is 9.34. The van der Waals surface area contributed by atoms with Crippen molar-refractivity contribution in [1.29, 1.82) is 0 Å². The Morgan fingerprint density at radius 2 is 1.94 bits per heavy atom. The van der Waals surface area contributed by atoms with E-state index in [0.717, 1.165) is 34.8 Å². The normalized spacial score (nSPS) is 16.3. The SMILES string of the molecule is COc1cc(-c2cncn2C)ccc1N1C(N)=NC=C2C=CN(CC(C)(C)C)C(N)=C21. The largest absolute Gasteiger partial charge is 0.495 e. The number of imidazole rings is 1. The van der Waals surface area contributed by atoms with Crippen molar-refractivity contribution in [3.8, 4) is 17.0 Å². The molecule has 0 fully saturated rings. The van der Waals surface area contributed by atoms with E-state index < -0.39 is 0 Å². The van der Waals surface area contributed by atoms with Crippen LogP contribution in [0.4, 0.5) is 5.69 Å². The first-order valence-corrected chi connectivity index (χ1v) is 10.1. The summed E-state index contributed by atoms with van der Waals surface area (Å²) in [5.74, 6) is 1.62. The van der Waals surface area contributed by atoms with Gasteiger partial charge in [-0.05, 0) is 23.6 Å². The number of rotatable bonds is 4.